The molecule has 0 saturated heterocycles. The van der Waals surface area contributed by atoms with Crippen LogP contribution in [0.5, 0.6) is 0 Å². The molecule has 0 saturated carbocycles. The van der Waals surface area contributed by atoms with E-state index >= 15 is 0 Å². The zero-order chi connectivity index (χ0) is 12.0. The molecule has 0 aliphatic rings. The van der Waals surface area contributed by atoms with Crippen molar-refractivity contribution in [1.82, 2.24) is 10.3 Å². The average molecular weight is 234 g/mol. The summed E-state index contributed by atoms with van der Waals surface area (Å²) >= 11 is 0. The molecule has 1 aromatic heterocycles. The fourth-order valence-electron chi connectivity index (χ4n) is 1.13. The van der Waals surface area contributed by atoms with Gasteiger partial charge in [-0.2, -0.15) is 13.2 Å². The molecule has 16 heavy (non-hydrogen) atoms. The number of alkyl halides is 3. The van der Waals surface area contributed by atoms with E-state index in [1.807, 2.05) is 6.07 Å². The molecule has 0 radical (unpaired) electrons. The van der Waals surface area contributed by atoms with Crippen molar-refractivity contribution in [2.24, 2.45) is 0 Å². The summed E-state index contributed by atoms with van der Waals surface area (Å²) < 4.78 is 35.7. The number of aliphatic hydroxyl groups excluding tert-OH is 1. The van der Waals surface area contributed by atoms with E-state index in [9.17, 15) is 13.2 Å². The highest BCUT2D eigenvalue weighted by atomic mass is 19.4. The topological polar surface area (TPSA) is 45.1 Å². The third-order valence-corrected chi connectivity index (χ3v) is 2.03. The molecule has 90 valence electrons. The number of rotatable bonds is 5. The van der Waals surface area contributed by atoms with Gasteiger partial charge < -0.3 is 10.4 Å². The molecular formula is C10H13F3N2O. The Morgan fingerprint density at radius 1 is 1.44 bits per heavy atom. The standard InChI is InChI=1S/C10H13F3N2O/c11-10(12,13)9(16)7-15-5-3-8-2-1-4-14-6-8/h1-2,4,6,9,15-16H,3,5,7H2. The summed E-state index contributed by atoms with van der Waals surface area (Å²) in [6.45, 7) is -0.109. The smallest absolute Gasteiger partial charge is 0.382 e. The number of aromatic nitrogens is 1. The van der Waals surface area contributed by atoms with Crippen LogP contribution in [0, 0.1) is 0 Å². The summed E-state index contributed by atoms with van der Waals surface area (Å²) in [4.78, 5) is 3.88. The van der Waals surface area contributed by atoms with E-state index in [1.54, 1.807) is 18.5 Å². The summed E-state index contributed by atoms with van der Waals surface area (Å²) in [5, 5.41) is 11.2. The van der Waals surface area contributed by atoms with Crippen molar-refractivity contribution < 1.29 is 18.3 Å². The van der Waals surface area contributed by atoms with Crippen molar-refractivity contribution in [3.63, 3.8) is 0 Å². The molecule has 1 atom stereocenters. The van der Waals surface area contributed by atoms with Crippen LogP contribution in [-0.2, 0) is 6.42 Å². The van der Waals surface area contributed by atoms with Crippen LogP contribution in [0.4, 0.5) is 13.2 Å². The molecule has 1 unspecified atom stereocenters. The van der Waals surface area contributed by atoms with Gasteiger partial charge in [0.1, 0.15) is 0 Å². The van der Waals surface area contributed by atoms with Gasteiger partial charge in [0.05, 0.1) is 0 Å². The van der Waals surface area contributed by atoms with Crippen molar-refractivity contribution in [3.05, 3.63) is 30.1 Å². The Morgan fingerprint density at radius 2 is 2.19 bits per heavy atom. The van der Waals surface area contributed by atoms with Gasteiger partial charge in [-0.3, -0.25) is 4.98 Å². The van der Waals surface area contributed by atoms with Crippen LogP contribution in [0.2, 0.25) is 0 Å². The Hall–Kier alpha value is -1.14. The van der Waals surface area contributed by atoms with E-state index < -0.39 is 18.8 Å². The lowest BCUT2D eigenvalue weighted by Crippen LogP contribution is -2.39. The first-order valence-corrected chi connectivity index (χ1v) is 4.84. The Morgan fingerprint density at radius 3 is 2.75 bits per heavy atom. The third-order valence-electron chi connectivity index (χ3n) is 2.03. The van der Waals surface area contributed by atoms with Crippen LogP contribution < -0.4 is 5.32 Å². The molecule has 0 bridgehead atoms. The number of aliphatic hydroxyl groups is 1. The number of halogens is 3. The lowest BCUT2D eigenvalue weighted by Gasteiger charge is -2.14. The molecule has 0 spiro atoms. The first-order valence-electron chi connectivity index (χ1n) is 4.84. The van der Waals surface area contributed by atoms with Gasteiger partial charge in [-0.1, -0.05) is 6.07 Å². The lowest BCUT2D eigenvalue weighted by atomic mass is 10.2. The summed E-state index contributed by atoms with van der Waals surface area (Å²) in [6, 6.07) is 3.61. The van der Waals surface area contributed by atoms with E-state index in [-0.39, 0.29) is 0 Å². The van der Waals surface area contributed by atoms with Crippen molar-refractivity contribution in [2.45, 2.75) is 18.7 Å². The van der Waals surface area contributed by atoms with Gasteiger partial charge in [0, 0.05) is 18.9 Å². The van der Waals surface area contributed by atoms with Gasteiger partial charge in [-0.05, 0) is 24.6 Å². The van der Waals surface area contributed by atoms with E-state index in [0.717, 1.165) is 5.56 Å². The quantitative estimate of drug-likeness (QED) is 0.751. The Labute approximate surface area is 91.3 Å². The number of nitrogens with zero attached hydrogens (tertiary/aromatic N) is 1. The minimum atomic E-state index is -4.55. The maximum atomic E-state index is 11.9. The van der Waals surface area contributed by atoms with Crippen molar-refractivity contribution in [2.75, 3.05) is 13.1 Å². The van der Waals surface area contributed by atoms with Crippen LogP contribution in [0.15, 0.2) is 24.5 Å². The van der Waals surface area contributed by atoms with E-state index in [4.69, 9.17) is 5.11 Å². The van der Waals surface area contributed by atoms with Crippen LogP contribution in [-0.4, -0.2) is 35.5 Å². The summed E-state index contributed by atoms with van der Waals surface area (Å²) in [6.07, 6.45) is -2.99. The van der Waals surface area contributed by atoms with E-state index in [2.05, 4.69) is 10.3 Å². The zero-order valence-corrected chi connectivity index (χ0v) is 8.54. The van der Waals surface area contributed by atoms with Gasteiger partial charge in [0.2, 0.25) is 0 Å². The third kappa shape index (κ3) is 4.59. The fraction of sp³-hybridized carbons (Fsp3) is 0.500. The molecule has 0 aliphatic carbocycles. The van der Waals surface area contributed by atoms with Crippen molar-refractivity contribution in [1.29, 1.82) is 0 Å². The monoisotopic (exact) mass is 234 g/mol. The van der Waals surface area contributed by atoms with Crippen LogP contribution in [0.25, 0.3) is 0 Å². The normalized spacial score (nSPS) is 13.8. The highest BCUT2D eigenvalue weighted by Crippen LogP contribution is 2.19. The molecule has 0 aliphatic heterocycles. The first kappa shape index (κ1) is 12.9. The minimum Gasteiger partial charge on any atom is -0.382 e. The Kier molecular flexibility index (Phi) is 4.70. The Balaban J connectivity index is 2.18. The SMILES string of the molecule is OC(CNCCc1cccnc1)C(F)(F)F. The second-order valence-corrected chi connectivity index (χ2v) is 3.37. The minimum absolute atomic E-state index is 0.374. The van der Waals surface area contributed by atoms with Crippen LogP contribution in [0.3, 0.4) is 0 Å². The highest BCUT2D eigenvalue weighted by molar-refractivity contribution is 5.08. The molecule has 1 heterocycles. The predicted octanol–water partition coefficient (Wildman–Crippen LogP) is 1.14. The zero-order valence-electron chi connectivity index (χ0n) is 8.54. The second kappa shape index (κ2) is 5.81. The van der Waals surface area contributed by atoms with E-state index in [1.165, 1.54) is 0 Å². The molecule has 3 nitrogen and oxygen atoms in total. The molecule has 0 fully saturated rings. The first-order chi connectivity index (χ1) is 7.50. The van der Waals surface area contributed by atoms with Crippen molar-refractivity contribution >= 4 is 0 Å². The van der Waals surface area contributed by atoms with Crippen LogP contribution >= 0.6 is 0 Å². The molecular weight excluding hydrogens is 221 g/mol. The molecule has 1 rings (SSSR count). The number of hydrogen-bond acceptors (Lipinski definition) is 3. The van der Waals surface area contributed by atoms with Crippen molar-refractivity contribution in [3.8, 4) is 0 Å². The largest absolute Gasteiger partial charge is 0.415 e. The van der Waals surface area contributed by atoms with Gasteiger partial charge in [0.15, 0.2) is 6.10 Å². The molecule has 6 heteroatoms. The predicted molar refractivity (Wildman–Crippen MR) is 52.9 cm³/mol. The average Bonchev–Trinajstić information content (AvgIpc) is 2.24. The van der Waals surface area contributed by atoms with Crippen LogP contribution in [0.1, 0.15) is 5.56 Å². The van der Waals surface area contributed by atoms with Gasteiger partial charge >= 0.3 is 6.18 Å². The number of hydrogen-bond donors (Lipinski definition) is 2. The summed E-state index contributed by atoms with van der Waals surface area (Å²) in [7, 11) is 0. The maximum absolute atomic E-state index is 11.9. The maximum Gasteiger partial charge on any atom is 0.415 e. The van der Waals surface area contributed by atoms with E-state index in [0.29, 0.717) is 13.0 Å². The summed E-state index contributed by atoms with van der Waals surface area (Å²) in [5.74, 6) is 0. The molecule has 2 N–H and O–H groups in total. The second-order valence-electron chi connectivity index (χ2n) is 3.37. The molecule has 0 aromatic carbocycles. The number of pyridine rings is 1. The lowest BCUT2D eigenvalue weighted by molar-refractivity contribution is -0.201. The summed E-state index contributed by atoms with van der Waals surface area (Å²) in [5.41, 5.74) is 0.941. The number of nitrogens with one attached hydrogen (secondary N) is 1. The van der Waals surface area contributed by atoms with Gasteiger partial charge in [0.25, 0.3) is 0 Å². The highest BCUT2D eigenvalue weighted by Gasteiger charge is 2.37. The van der Waals surface area contributed by atoms with Gasteiger partial charge in [-0.15, -0.1) is 0 Å². The Bertz CT molecular complexity index is 303. The fourth-order valence-corrected chi connectivity index (χ4v) is 1.13. The molecule has 0 amide bonds. The molecule has 1 aromatic rings. The van der Waals surface area contributed by atoms with Gasteiger partial charge in [-0.25, -0.2) is 0 Å².